The van der Waals surface area contributed by atoms with Crippen LogP contribution in [0.5, 0.6) is 0 Å². The number of rotatable bonds is 3. The lowest BCUT2D eigenvalue weighted by molar-refractivity contribution is -0.193. The summed E-state index contributed by atoms with van der Waals surface area (Å²) in [4.78, 5) is 56.3. The number of fused-ring (bicyclic) bond motifs is 1. The molecule has 4 heterocycles. The van der Waals surface area contributed by atoms with Crippen molar-refractivity contribution in [2.24, 2.45) is 10.8 Å². The van der Waals surface area contributed by atoms with Crippen molar-refractivity contribution < 1.29 is 55.7 Å². The molecule has 1 unspecified atom stereocenters. The van der Waals surface area contributed by atoms with Crippen LogP contribution in [0.4, 0.5) is 31.1 Å². The minimum atomic E-state index is -5.08. The summed E-state index contributed by atoms with van der Waals surface area (Å²) >= 11 is 0. The first-order valence-electron chi connectivity index (χ1n) is 13.3. The molecule has 3 amide bonds. The van der Waals surface area contributed by atoms with E-state index < -0.39 is 29.7 Å². The van der Waals surface area contributed by atoms with Gasteiger partial charge in [0.05, 0.1) is 5.41 Å². The summed E-state index contributed by atoms with van der Waals surface area (Å²) in [5, 5.41) is 14.2. The summed E-state index contributed by atoms with van der Waals surface area (Å²) in [5.41, 5.74) is 0.711. The van der Waals surface area contributed by atoms with Crippen LogP contribution in [0.15, 0.2) is 24.5 Å². The topological polar surface area (TPSA) is 135 Å². The van der Waals surface area contributed by atoms with Crippen molar-refractivity contribution in [3.8, 4) is 0 Å². The van der Waals surface area contributed by atoms with E-state index in [2.05, 4.69) is 22.9 Å². The first-order chi connectivity index (χ1) is 19.8. The molecule has 17 heteroatoms. The van der Waals surface area contributed by atoms with E-state index in [4.69, 9.17) is 19.8 Å². The van der Waals surface area contributed by atoms with E-state index in [0.29, 0.717) is 13.1 Å². The molecule has 43 heavy (non-hydrogen) atoms. The minimum Gasteiger partial charge on any atom is -0.475 e. The van der Waals surface area contributed by atoms with Gasteiger partial charge in [0.1, 0.15) is 0 Å². The first-order valence-corrected chi connectivity index (χ1v) is 13.3. The van der Waals surface area contributed by atoms with E-state index >= 15 is 0 Å². The number of carboxylic acid groups (broad SMARTS) is 2. The highest BCUT2D eigenvalue weighted by Gasteiger charge is 2.65. The Hall–Kier alpha value is -3.63. The molecule has 2 spiro atoms. The fourth-order valence-electron chi connectivity index (χ4n) is 5.79. The molecule has 3 fully saturated rings. The van der Waals surface area contributed by atoms with Crippen molar-refractivity contribution >= 4 is 23.9 Å². The average Bonchev–Trinajstić information content (AvgIpc) is 3.42. The van der Waals surface area contributed by atoms with E-state index in [1.807, 2.05) is 22.1 Å². The molecule has 242 valence electrons. The van der Waals surface area contributed by atoms with Gasteiger partial charge in [-0.15, -0.1) is 0 Å². The smallest absolute Gasteiger partial charge is 0.475 e. The maximum absolute atomic E-state index is 13.5. The molecule has 2 N–H and O–H groups in total. The Labute approximate surface area is 244 Å². The number of piperidine rings is 1. The summed E-state index contributed by atoms with van der Waals surface area (Å²) < 4.78 is 63.5. The second-order valence-corrected chi connectivity index (χ2v) is 10.8. The van der Waals surface area contributed by atoms with Gasteiger partial charge in [-0.05, 0) is 50.9 Å². The second kappa shape index (κ2) is 13.8. The van der Waals surface area contributed by atoms with E-state index in [9.17, 15) is 35.9 Å². The molecular formula is C26H35F6N5O6. The van der Waals surface area contributed by atoms with Gasteiger partial charge in [-0.25, -0.2) is 14.4 Å². The van der Waals surface area contributed by atoms with E-state index in [1.165, 1.54) is 5.56 Å². The third-order valence-corrected chi connectivity index (χ3v) is 7.94. The number of likely N-dealkylation sites (tertiary alicyclic amines) is 3. The van der Waals surface area contributed by atoms with Crippen molar-refractivity contribution in [2.75, 3.05) is 53.4 Å². The molecule has 3 saturated heterocycles. The number of aliphatic carboxylic acids is 2. The lowest BCUT2D eigenvalue weighted by atomic mass is 9.60. The van der Waals surface area contributed by atoms with Crippen LogP contribution >= 0.6 is 0 Å². The third kappa shape index (κ3) is 8.48. The molecule has 0 saturated carbocycles. The number of nitrogens with zero attached hydrogens (tertiary/aromatic N) is 5. The van der Waals surface area contributed by atoms with Gasteiger partial charge in [0.2, 0.25) is 5.91 Å². The van der Waals surface area contributed by atoms with E-state index in [1.54, 1.807) is 25.2 Å². The summed E-state index contributed by atoms with van der Waals surface area (Å²) in [6.45, 7) is 7.71. The van der Waals surface area contributed by atoms with Crippen LogP contribution in [-0.2, 0) is 20.9 Å². The van der Waals surface area contributed by atoms with Gasteiger partial charge in [0, 0.05) is 64.6 Å². The summed E-state index contributed by atoms with van der Waals surface area (Å²) in [6, 6.07) is 4.13. The number of alkyl halides is 6. The number of amides is 3. The molecule has 0 aliphatic carbocycles. The molecule has 3 aliphatic rings. The number of pyridine rings is 1. The lowest BCUT2D eigenvalue weighted by Gasteiger charge is -2.46. The third-order valence-electron chi connectivity index (χ3n) is 7.94. The number of carboxylic acids is 2. The van der Waals surface area contributed by atoms with Gasteiger partial charge in [-0.3, -0.25) is 14.7 Å². The second-order valence-electron chi connectivity index (χ2n) is 10.8. The maximum Gasteiger partial charge on any atom is 0.490 e. The van der Waals surface area contributed by atoms with E-state index in [0.717, 1.165) is 52.0 Å². The molecule has 0 aromatic carbocycles. The van der Waals surface area contributed by atoms with Crippen LogP contribution in [0.25, 0.3) is 0 Å². The van der Waals surface area contributed by atoms with E-state index in [-0.39, 0.29) is 17.4 Å². The van der Waals surface area contributed by atoms with Crippen molar-refractivity contribution in [2.45, 2.75) is 45.1 Å². The van der Waals surface area contributed by atoms with Crippen molar-refractivity contribution in [1.29, 1.82) is 0 Å². The summed E-state index contributed by atoms with van der Waals surface area (Å²) in [7, 11) is 3.59. The average molecular weight is 628 g/mol. The SMILES string of the molecule is CCN1CCC2(CN(C(=O)N(C)C)CC23CCN(Cc2cccnc2)CC3)C1=O.O=C(O)C(F)(F)F.O=C(O)C(F)(F)F. The van der Waals surface area contributed by atoms with Gasteiger partial charge >= 0.3 is 30.3 Å². The standard InChI is InChI=1S/C22H33N5O2.2C2HF3O2/c1-4-26-13-9-22(19(26)28)17-27(20(29)24(2)3)16-21(22)7-11-25(12-8-21)15-18-6-5-10-23-14-18;2*3-2(4,5)1(6)7/h5-6,10,14H,4,7-9,11-13,15-17H2,1-3H3;2*(H,6,7). The number of hydrogen-bond acceptors (Lipinski definition) is 6. The molecule has 0 radical (unpaired) electrons. The van der Waals surface area contributed by atoms with Gasteiger partial charge in [0.15, 0.2) is 0 Å². The molecule has 1 aromatic heterocycles. The lowest BCUT2D eigenvalue weighted by Crippen LogP contribution is -2.52. The zero-order valence-corrected chi connectivity index (χ0v) is 23.9. The number of carbonyl (C=O) groups is 4. The Morgan fingerprint density at radius 3 is 1.88 bits per heavy atom. The number of hydrogen-bond donors (Lipinski definition) is 2. The van der Waals surface area contributed by atoms with Crippen LogP contribution in [0, 0.1) is 10.8 Å². The fraction of sp³-hybridized carbons (Fsp3) is 0.654. The normalized spacial score (nSPS) is 21.7. The van der Waals surface area contributed by atoms with Crippen molar-refractivity contribution in [3.63, 3.8) is 0 Å². The predicted molar refractivity (Wildman–Crippen MR) is 139 cm³/mol. The molecule has 1 atom stereocenters. The number of halogens is 6. The molecular weight excluding hydrogens is 592 g/mol. The van der Waals surface area contributed by atoms with Gasteiger partial charge in [-0.2, -0.15) is 26.3 Å². The molecule has 0 bridgehead atoms. The zero-order chi connectivity index (χ0) is 32.8. The maximum atomic E-state index is 13.5. The van der Waals surface area contributed by atoms with Crippen molar-refractivity contribution in [3.05, 3.63) is 30.1 Å². The Morgan fingerprint density at radius 2 is 1.49 bits per heavy atom. The van der Waals surface area contributed by atoms with Crippen LogP contribution in [0.3, 0.4) is 0 Å². The molecule has 11 nitrogen and oxygen atoms in total. The Kier molecular flexibility index (Phi) is 11.4. The van der Waals surface area contributed by atoms with Gasteiger partial charge in [0.25, 0.3) is 0 Å². The summed E-state index contributed by atoms with van der Waals surface area (Å²) in [5.74, 6) is -5.24. The molecule has 3 aliphatic heterocycles. The number of carbonyl (C=O) groups excluding carboxylic acids is 2. The molecule has 1 aromatic rings. The monoisotopic (exact) mass is 627 g/mol. The first kappa shape index (κ1) is 35.6. The molecule has 4 rings (SSSR count). The Bertz CT molecular complexity index is 1120. The van der Waals surface area contributed by atoms with Crippen LogP contribution in [0.2, 0.25) is 0 Å². The Morgan fingerprint density at radius 1 is 0.953 bits per heavy atom. The van der Waals surface area contributed by atoms with Gasteiger partial charge in [-0.1, -0.05) is 6.07 Å². The van der Waals surface area contributed by atoms with Crippen molar-refractivity contribution in [1.82, 2.24) is 24.6 Å². The quantitative estimate of drug-likeness (QED) is 0.489. The predicted octanol–water partition coefficient (Wildman–Crippen LogP) is 3.17. The fourth-order valence-corrected chi connectivity index (χ4v) is 5.79. The minimum absolute atomic E-state index is 0.0294. The highest BCUT2D eigenvalue weighted by atomic mass is 19.4. The summed E-state index contributed by atoms with van der Waals surface area (Å²) in [6.07, 6.45) is -3.63. The highest BCUT2D eigenvalue weighted by Crippen LogP contribution is 2.58. The number of urea groups is 1. The highest BCUT2D eigenvalue weighted by molar-refractivity contribution is 5.88. The van der Waals surface area contributed by atoms with Gasteiger partial charge < -0.3 is 24.9 Å². The van der Waals surface area contributed by atoms with Crippen LogP contribution in [0.1, 0.15) is 31.7 Å². The largest absolute Gasteiger partial charge is 0.490 e. The Balaban J connectivity index is 0.000000384. The number of aromatic nitrogens is 1. The zero-order valence-electron chi connectivity index (χ0n) is 23.9. The van der Waals surface area contributed by atoms with Crippen LogP contribution in [-0.4, -0.2) is 124 Å². The van der Waals surface area contributed by atoms with Crippen LogP contribution < -0.4 is 0 Å².